The van der Waals surface area contributed by atoms with Crippen molar-refractivity contribution in [3.8, 4) is 0 Å². The van der Waals surface area contributed by atoms with Crippen LogP contribution >= 0.6 is 11.6 Å². The molecule has 0 spiro atoms. The van der Waals surface area contributed by atoms with Crippen LogP contribution in [-0.4, -0.2) is 11.1 Å². The summed E-state index contributed by atoms with van der Waals surface area (Å²) in [6, 6.07) is 11.2. The van der Waals surface area contributed by atoms with Gasteiger partial charge < -0.3 is 10.4 Å². The van der Waals surface area contributed by atoms with Crippen molar-refractivity contribution in [2.45, 2.75) is 6.54 Å². The van der Waals surface area contributed by atoms with Crippen molar-refractivity contribution >= 4 is 23.3 Å². The molecule has 2 aromatic carbocycles. The maximum Gasteiger partial charge on any atom is 0.338 e. The summed E-state index contributed by atoms with van der Waals surface area (Å²) < 4.78 is 13.2. The summed E-state index contributed by atoms with van der Waals surface area (Å²) in [4.78, 5) is 10.8. The largest absolute Gasteiger partial charge is 0.478 e. The molecule has 2 aromatic rings. The van der Waals surface area contributed by atoms with Crippen LogP contribution in [-0.2, 0) is 6.54 Å². The van der Waals surface area contributed by atoms with Gasteiger partial charge in [0.1, 0.15) is 5.82 Å². The minimum absolute atomic E-state index is 0.351. The normalized spacial score (nSPS) is 10.2. The summed E-state index contributed by atoms with van der Waals surface area (Å²) in [5.74, 6) is -2.04. The molecule has 2 N–H and O–H groups in total. The molecule has 3 nitrogen and oxygen atoms in total. The third kappa shape index (κ3) is 3.45. The molecule has 0 saturated heterocycles. The smallest absolute Gasteiger partial charge is 0.338 e. The molecule has 98 valence electrons. The molecular weight excluding hydrogens is 269 g/mol. The summed E-state index contributed by atoms with van der Waals surface area (Å²) in [6.45, 7) is 0.477. The standard InChI is InChI=1S/C14H11ClFNO2/c15-10-3-1-2-9(6-10)8-17-11-4-5-13(16)12(7-11)14(18)19/h1-7,17H,8H2,(H,18,19). The number of aromatic carboxylic acids is 1. The highest BCUT2D eigenvalue weighted by molar-refractivity contribution is 6.30. The quantitative estimate of drug-likeness (QED) is 0.895. The second kappa shape index (κ2) is 5.71. The zero-order chi connectivity index (χ0) is 13.8. The van der Waals surface area contributed by atoms with Crippen molar-refractivity contribution in [3.05, 3.63) is 64.4 Å². The molecule has 0 unspecified atom stereocenters. The van der Waals surface area contributed by atoms with Crippen LogP contribution in [0.15, 0.2) is 42.5 Å². The molecule has 0 atom stereocenters. The van der Waals surface area contributed by atoms with E-state index in [1.807, 2.05) is 12.1 Å². The predicted octanol–water partition coefficient (Wildman–Crippen LogP) is 3.79. The third-order valence-corrected chi connectivity index (χ3v) is 2.82. The lowest BCUT2D eigenvalue weighted by Crippen LogP contribution is -2.04. The van der Waals surface area contributed by atoms with E-state index in [2.05, 4.69) is 5.32 Å². The van der Waals surface area contributed by atoms with Crippen LogP contribution in [0.4, 0.5) is 10.1 Å². The Bertz CT molecular complexity index is 616. The Hall–Kier alpha value is -2.07. The Morgan fingerprint density at radius 2 is 2.05 bits per heavy atom. The monoisotopic (exact) mass is 279 g/mol. The van der Waals surface area contributed by atoms with Crippen LogP contribution in [0.25, 0.3) is 0 Å². The Morgan fingerprint density at radius 1 is 1.26 bits per heavy atom. The number of benzene rings is 2. The summed E-state index contributed by atoms with van der Waals surface area (Å²) >= 11 is 5.86. The van der Waals surface area contributed by atoms with E-state index in [9.17, 15) is 9.18 Å². The van der Waals surface area contributed by atoms with Gasteiger partial charge in [-0.3, -0.25) is 0 Å². The fourth-order valence-corrected chi connectivity index (χ4v) is 1.86. The van der Waals surface area contributed by atoms with E-state index in [0.717, 1.165) is 11.6 Å². The van der Waals surface area contributed by atoms with Crippen LogP contribution in [0.2, 0.25) is 5.02 Å². The molecule has 0 aliphatic carbocycles. The van der Waals surface area contributed by atoms with E-state index in [0.29, 0.717) is 17.3 Å². The molecule has 0 aliphatic heterocycles. The maximum absolute atomic E-state index is 13.2. The van der Waals surface area contributed by atoms with Crippen LogP contribution in [0.5, 0.6) is 0 Å². The van der Waals surface area contributed by atoms with Gasteiger partial charge in [0, 0.05) is 17.3 Å². The molecule has 0 aromatic heterocycles. The lowest BCUT2D eigenvalue weighted by molar-refractivity contribution is 0.0692. The number of halogens is 2. The van der Waals surface area contributed by atoms with Gasteiger partial charge in [-0.25, -0.2) is 9.18 Å². The van der Waals surface area contributed by atoms with E-state index in [1.54, 1.807) is 12.1 Å². The third-order valence-electron chi connectivity index (χ3n) is 2.58. The first-order chi connectivity index (χ1) is 9.06. The zero-order valence-electron chi connectivity index (χ0n) is 9.86. The van der Waals surface area contributed by atoms with Crippen LogP contribution in [0.1, 0.15) is 15.9 Å². The van der Waals surface area contributed by atoms with Crippen molar-refractivity contribution < 1.29 is 14.3 Å². The highest BCUT2D eigenvalue weighted by atomic mass is 35.5. The van der Waals surface area contributed by atoms with Crippen molar-refractivity contribution in [1.29, 1.82) is 0 Å². The van der Waals surface area contributed by atoms with E-state index in [4.69, 9.17) is 16.7 Å². The van der Waals surface area contributed by atoms with Crippen LogP contribution in [0, 0.1) is 5.82 Å². The first-order valence-electron chi connectivity index (χ1n) is 5.57. The number of carbonyl (C=O) groups is 1. The molecule has 2 rings (SSSR count). The van der Waals surface area contributed by atoms with Crippen molar-refractivity contribution in [1.82, 2.24) is 0 Å². The van der Waals surface area contributed by atoms with Crippen LogP contribution < -0.4 is 5.32 Å². The molecule has 5 heteroatoms. The fourth-order valence-electron chi connectivity index (χ4n) is 1.65. The molecule has 0 fully saturated rings. The molecule has 0 radical (unpaired) electrons. The highest BCUT2D eigenvalue weighted by Gasteiger charge is 2.10. The average molecular weight is 280 g/mol. The van der Waals surface area contributed by atoms with Gasteiger partial charge >= 0.3 is 5.97 Å². The second-order valence-corrected chi connectivity index (χ2v) is 4.42. The maximum atomic E-state index is 13.2. The van der Waals surface area contributed by atoms with Crippen LogP contribution in [0.3, 0.4) is 0 Å². The van der Waals surface area contributed by atoms with Gasteiger partial charge in [0.25, 0.3) is 0 Å². The topological polar surface area (TPSA) is 49.3 Å². The van der Waals surface area contributed by atoms with E-state index >= 15 is 0 Å². The first-order valence-corrected chi connectivity index (χ1v) is 5.95. The summed E-state index contributed by atoms with van der Waals surface area (Å²) in [7, 11) is 0. The fraction of sp³-hybridized carbons (Fsp3) is 0.0714. The van der Waals surface area contributed by atoms with Gasteiger partial charge in [0.05, 0.1) is 5.56 Å². The second-order valence-electron chi connectivity index (χ2n) is 3.98. The predicted molar refractivity (Wildman–Crippen MR) is 72.1 cm³/mol. The van der Waals surface area contributed by atoms with E-state index in [-0.39, 0.29) is 5.56 Å². The zero-order valence-corrected chi connectivity index (χ0v) is 10.6. The van der Waals surface area contributed by atoms with E-state index in [1.165, 1.54) is 12.1 Å². The number of hydrogen-bond acceptors (Lipinski definition) is 2. The summed E-state index contributed by atoms with van der Waals surface area (Å²) in [6.07, 6.45) is 0. The molecule has 0 amide bonds. The average Bonchev–Trinajstić information content (AvgIpc) is 2.37. The van der Waals surface area contributed by atoms with Gasteiger partial charge in [0.15, 0.2) is 0 Å². The number of anilines is 1. The first kappa shape index (κ1) is 13.4. The van der Waals surface area contributed by atoms with Gasteiger partial charge in [-0.15, -0.1) is 0 Å². The Labute approximate surface area is 114 Å². The van der Waals surface area contributed by atoms with Gasteiger partial charge in [0.2, 0.25) is 0 Å². The molecular formula is C14H11ClFNO2. The minimum Gasteiger partial charge on any atom is -0.478 e. The number of carboxylic acids is 1. The molecule has 0 heterocycles. The lowest BCUT2D eigenvalue weighted by Gasteiger charge is -2.08. The minimum atomic E-state index is -1.29. The number of carboxylic acid groups (broad SMARTS) is 1. The molecule has 0 bridgehead atoms. The van der Waals surface area contributed by atoms with Gasteiger partial charge in [-0.05, 0) is 35.9 Å². The molecule has 0 saturated carbocycles. The van der Waals surface area contributed by atoms with Crippen molar-refractivity contribution in [2.75, 3.05) is 5.32 Å². The van der Waals surface area contributed by atoms with Crippen molar-refractivity contribution in [3.63, 3.8) is 0 Å². The Morgan fingerprint density at radius 3 is 2.74 bits per heavy atom. The van der Waals surface area contributed by atoms with Gasteiger partial charge in [-0.2, -0.15) is 0 Å². The van der Waals surface area contributed by atoms with E-state index < -0.39 is 11.8 Å². The van der Waals surface area contributed by atoms with Gasteiger partial charge in [-0.1, -0.05) is 23.7 Å². The lowest BCUT2D eigenvalue weighted by atomic mass is 10.1. The summed E-state index contributed by atoms with van der Waals surface area (Å²) in [5.41, 5.74) is 1.14. The molecule has 19 heavy (non-hydrogen) atoms. The Kier molecular flexibility index (Phi) is 4.02. The Balaban J connectivity index is 2.12. The highest BCUT2D eigenvalue weighted by Crippen LogP contribution is 2.17. The number of hydrogen-bond donors (Lipinski definition) is 2. The number of rotatable bonds is 4. The van der Waals surface area contributed by atoms with Crippen molar-refractivity contribution in [2.24, 2.45) is 0 Å². The number of nitrogens with one attached hydrogen (secondary N) is 1. The molecule has 0 aliphatic rings. The summed E-state index contributed by atoms with van der Waals surface area (Å²) in [5, 5.41) is 12.5. The SMILES string of the molecule is O=C(O)c1cc(NCc2cccc(Cl)c2)ccc1F.